The van der Waals surface area contributed by atoms with Gasteiger partial charge in [0, 0.05) is 11.8 Å². The highest BCUT2D eigenvalue weighted by Crippen LogP contribution is 2.17. The van der Waals surface area contributed by atoms with E-state index in [1.807, 2.05) is 30.3 Å². The summed E-state index contributed by atoms with van der Waals surface area (Å²) in [6, 6.07) is 13.1. The largest absolute Gasteiger partial charge is 0.399 e. The molecular formula is C14H16ClN3O. The van der Waals surface area contributed by atoms with Gasteiger partial charge in [0.25, 0.3) is 0 Å². The summed E-state index contributed by atoms with van der Waals surface area (Å²) in [6.07, 6.45) is 0.700. The van der Waals surface area contributed by atoms with E-state index in [1.54, 1.807) is 12.1 Å². The Morgan fingerprint density at radius 3 is 2.63 bits per heavy atom. The maximum absolute atomic E-state index is 9.43. The number of nitrogen functional groups attached to an aromatic ring is 1. The summed E-state index contributed by atoms with van der Waals surface area (Å²) in [7, 11) is 0. The molecule has 100 valence electrons. The second kappa shape index (κ2) is 6.41. The molecule has 4 nitrogen and oxygen atoms in total. The van der Waals surface area contributed by atoms with E-state index in [0.29, 0.717) is 23.1 Å². The van der Waals surface area contributed by atoms with E-state index in [4.69, 9.17) is 17.3 Å². The first kappa shape index (κ1) is 13.6. The summed E-state index contributed by atoms with van der Waals surface area (Å²) in [6.45, 7) is 0.00297. The number of pyridine rings is 1. The van der Waals surface area contributed by atoms with Crippen LogP contribution in [0.2, 0.25) is 5.15 Å². The molecular weight excluding hydrogens is 262 g/mol. The fourth-order valence-electron chi connectivity index (χ4n) is 1.86. The van der Waals surface area contributed by atoms with Crippen molar-refractivity contribution in [1.29, 1.82) is 0 Å². The number of hydrogen-bond donors (Lipinski definition) is 3. The molecule has 1 unspecified atom stereocenters. The van der Waals surface area contributed by atoms with Crippen molar-refractivity contribution < 1.29 is 5.11 Å². The highest BCUT2D eigenvalue weighted by Gasteiger charge is 2.09. The highest BCUT2D eigenvalue weighted by molar-refractivity contribution is 6.29. The second-order valence-electron chi connectivity index (χ2n) is 4.32. The van der Waals surface area contributed by atoms with Crippen LogP contribution in [0.4, 0.5) is 11.5 Å². The van der Waals surface area contributed by atoms with Crippen LogP contribution >= 0.6 is 11.6 Å². The molecule has 0 amide bonds. The molecule has 2 aromatic rings. The van der Waals surface area contributed by atoms with Crippen molar-refractivity contribution in [3.63, 3.8) is 0 Å². The van der Waals surface area contributed by atoms with E-state index in [0.717, 1.165) is 5.56 Å². The van der Waals surface area contributed by atoms with Gasteiger partial charge in [-0.2, -0.15) is 0 Å². The molecule has 4 N–H and O–H groups in total. The number of hydrogen-bond acceptors (Lipinski definition) is 4. The molecule has 1 heterocycles. The van der Waals surface area contributed by atoms with Gasteiger partial charge in [0.1, 0.15) is 11.0 Å². The third-order valence-electron chi connectivity index (χ3n) is 2.71. The van der Waals surface area contributed by atoms with E-state index in [-0.39, 0.29) is 12.6 Å². The lowest BCUT2D eigenvalue weighted by Crippen LogP contribution is -2.26. The molecule has 0 saturated carbocycles. The molecule has 0 bridgehead atoms. The normalized spacial score (nSPS) is 12.1. The van der Waals surface area contributed by atoms with Gasteiger partial charge in [-0.3, -0.25) is 0 Å². The lowest BCUT2D eigenvalue weighted by Gasteiger charge is -2.17. The standard InChI is InChI=1S/C14H16ClN3O/c15-13-7-11(16)8-14(18-13)17-12(9-19)6-10-4-2-1-3-5-10/h1-5,7-8,12,19H,6,9H2,(H3,16,17,18). The van der Waals surface area contributed by atoms with Gasteiger partial charge >= 0.3 is 0 Å². The van der Waals surface area contributed by atoms with Gasteiger partial charge in [0.15, 0.2) is 0 Å². The van der Waals surface area contributed by atoms with E-state index >= 15 is 0 Å². The van der Waals surface area contributed by atoms with Crippen molar-refractivity contribution in [2.45, 2.75) is 12.5 Å². The van der Waals surface area contributed by atoms with E-state index < -0.39 is 0 Å². The monoisotopic (exact) mass is 277 g/mol. The maximum atomic E-state index is 9.43. The average Bonchev–Trinajstić information content (AvgIpc) is 2.38. The molecule has 19 heavy (non-hydrogen) atoms. The predicted octanol–water partition coefficient (Wildman–Crippen LogP) is 2.33. The number of aliphatic hydroxyl groups excluding tert-OH is 1. The van der Waals surface area contributed by atoms with Gasteiger partial charge < -0.3 is 16.2 Å². The van der Waals surface area contributed by atoms with Crippen LogP contribution in [-0.2, 0) is 6.42 Å². The van der Waals surface area contributed by atoms with Gasteiger partial charge in [-0.1, -0.05) is 41.9 Å². The molecule has 1 aromatic carbocycles. The minimum absolute atomic E-state index is 0.00297. The average molecular weight is 278 g/mol. The van der Waals surface area contributed by atoms with Crippen molar-refractivity contribution in [1.82, 2.24) is 4.98 Å². The Kier molecular flexibility index (Phi) is 4.60. The molecule has 0 saturated heterocycles. The van der Waals surface area contributed by atoms with Gasteiger partial charge in [-0.05, 0) is 18.1 Å². The first-order valence-electron chi connectivity index (χ1n) is 6.02. The van der Waals surface area contributed by atoms with Crippen LogP contribution < -0.4 is 11.1 Å². The summed E-state index contributed by atoms with van der Waals surface area (Å²) in [5.74, 6) is 0.569. The number of aromatic nitrogens is 1. The number of aliphatic hydroxyl groups is 1. The number of nitrogens with one attached hydrogen (secondary N) is 1. The molecule has 0 radical (unpaired) electrons. The first-order chi connectivity index (χ1) is 9.17. The maximum Gasteiger partial charge on any atom is 0.133 e. The number of halogens is 1. The van der Waals surface area contributed by atoms with E-state index in [2.05, 4.69) is 10.3 Å². The summed E-state index contributed by atoms with van der Waals surface area (Å²) >= 11 is 5.84. The Hall–Kier alpha value is -1.78. The Morgan fingerprint density at radius 2 is 2.00 bits per heavy atom. The minimum Gasteiger partial charge on any atom is -0.399 e. The van der Waals surface area contributed by atoms with Crippen LogP contribution in [0.25, 0.3) is 0 Å². The molecule has 0 fully saturated rings. The third-order valence-corrected chi connectivity index (χ3v) is 2.91. The summed E-state index contributed by atoms with van der Waals surface area (Å²) in [4.78, 5) is 4.13. The van der Waals surface area contributed by atoms with Gasteiger partial charge in [0.2, 0.25) is 0 Å². The van der Waals surface area contributed by atoms with Crippen LogP contribution in [-0.4, -0.2) is 22.7 Å². The van der Waals surface area contributed by atoms with Crippen molar-refractivity contribution in [3.05, 3.63) is 53.2 Å². The number of benzene rings is 1. The minimum atomic E-state index is -0.132. The first-order valence-corrected chi connectivity index (χ1v) is 6.39. The zero-order valence-electron chi connectivity index (χ0n) is 10.4. The van der Waals surface area contributed by atoms with Crippen LogP contribution in [0.5, 0.6) is 0 Å². The molecule has 1 aromatic heterocycles. The summed E-state index contributed by atoms with van der Waals surface area (Å²) < 4.78 is 0. The number of rotatable bonds is 5. The Morgan fingerprint density at radius 1 is 1.26 bits per heavy atom. The molecule has 1 atom stereocenters. The molecule has 2 rings (SSSR count). The Balaban J connectivity index is 2.06. The van der Waals surface area contributed by atoms with Crippen molar-refractivity contribution in [2.24, 2.45) is 0 Å². The molecule has 0 aliphatic heterocycles. The fraction of sp³-hybridized carbons (Fsp3) is 0.214. The number of nitrogens with zero attached hydrogens (tertiary/aromatic N) is 1. The number of anilines is 2. The van der Waals surface area contributed by atoms with Gasteiger partial charge in [-0.25, -0.2) is 4.98 Å². The molecule has 0 aliphatic carbocycles. The third kappa shape index (κ3) is 4.12. The Labute approximate surface area is 117 Å². The highest BCUT2D eigenvalue weighted by atomic mass is 35.5. The zero-order chi connectivity index (χ0) is 13.7. The summed E-state index contributed by atoms with van der Waals surface area (Å²) in [5.41, 5.74) is 7.39. The molecule has 0 spiro atoms. The van der Waals surface area contributed by atoms with Crippen molar-refractivity contribution in [2.75, 3.05) is 17.7 Å². The molecule has 0 aliphatic rings. The predicted molar refractivity (Wildman–Crippen MR) is 78.3 cm³/mol. The van der Waals surface area contributed by atoms with E-state index in [9.17, 15) is 5.11 Å². The number of nitrogens with two attached hydrogens (primary N) is 1. The quantitative estimate of drug-likeness (QED) is 0.734. The SMILES string of the molecule is Nc1cc(Cl)nc(NC(CO)Cc2ccccc2)c1. The van der Waals surface area contributed by atoms with Crippen molar-refractivity contribution in [3.8, 4) is 0 Å². The lowest BCUT2D eigenvalue weighted by atomic mass is 10.1. The topological polar surface area (TPSA) is 71.2 Å². The van der Waals surface area contributed by atoms with Crippen LogP contribution in [0, 0.1) is 0 Å². The second-order valence-corrected chi connectivity index (χ2v) is 4.71. The van der Waals surface area contributed by atoms with Crippen LogP contribution in [0.3, 0.4) is 0 Å². The van der Waals surface area contributed by atoms with Crippen LogP contribution in [0.15, 0.2) is 42.5 Å². The fourth-order valence-corrected chi connectivity index (χ4v) is 2.08. The van der Waals surface area contributed by atoms with Gasteiger partial charge in [0.05, 0.1) is 12.6 Å². The summed E-state index contributed by atoms with van der Waals surface area (Å²) in [5, 5.41) is 12.9. The smallest absolute Gasteiger partial charge is 0.133 e. The van der Waals surface area contributed by atoms with Crippen LogP contribution in [0.1, 0.15) is 5.56 Å². The van der Waals surface area contributed by atoms with E-state index in [1.165, 1.54) is 0 Å². The van der Waals surface area contributed by atoms with Crippen molar-refractivity contribution >= 4 is 23.1 Å². The Bertz CT molecular complexity index is 513. The zero-order valence-corrected chi connectivity index (χ0v) is 11.1. The molecule has 5 heteroatoms. The van der Waals surface area contributed by atoms with Gasteiger partial charge in [-0.15, -0.1) is 0 Å². The lowest BCUT2D eigenvalue weighted by molar-refractivity contribution is 0.273.